The van der Waals surface area contributed by atoms with Gasteiger partial charge in [-0.2, -0.15) is 0 Å². The number of aryl methyl sites for hydroxylation is 1. The summed E-state index contributed by atoms with van der Waals surface area (Å²) in [6.45, 7) is 3.70. The Hall–Kier alpha value is -0.430. The van der Waals surface area contributed by atoms with Crippen molar-refractivity contribution in [3.8, 4) is 0 Å². The Morgan fingerprint density at radius 3 is 2.65 bits per heavy atom. The van der Waals surface area contributed by atoms with Crippen LogP contribution in [0.1, 0.15) is 12.6 Å². The molecule has 1 N–H and O–H groups in total. The molecule has 0 bridgehead atoms. The van der Waals surface area contributed by atoms with Crippen molar-refractivity contribution < 1.29 is 0 Å². The van der Waals surface area contributed by atoms with E-state index in [9.17, 15) is 0 Å². The highest BCUT2D eigenvalue weighted by Gasteiger charge is 2.08. The number of aliphatic imine (C=N–C) groups is 1. The van der Waals surface area contributed by atoms with Crippen LogP contribution < -0.4 is 5.32 Å². The molecule has 0 aliphatic rings. The Balaban J connectivity index is 0.00000256. The van der Waals surface area contributed by atoms with Crippen molar-refractivity contribution in [1.82, 2.24) is 14.8 Å². The first-order valence-electron chi connectivity index (χ1n) is 5.31. The molecule has 0 aliphatic carbocycles. The highest BCUT2D eigenvalue weighted by Crippen LogP contribution is 2.13. The largest absolute Gasteiger partial charge is 0.357 e. The lowest BCUT2D eigenvalue weighted by atomic mass is 10.4. The summed E-state index contributed by atoms with van der Waals surface area (Å²) >= 11 is 5.94. The van der Waals surface area contributed by atoms with Crippen molar-refractivity contribution in [2.45, 2.75) is 13.5 Å². The van der Waals surface area contributed by atoms with Crippen LogP contribution in [0.4, 0.5) is 0 Å². The minimum absolute atomic E-state index is 0. The summed E-state index contributed by atoms with van der Waals surface area (Å²) in [7, 11) is 5.78. The molecule has 0 saturated heterocycles. The van der Waals surface area contributed by atoms with Crippen LogP contribution in [-0.2, 0) is 13.6 Å². The van der Waals surface area contributed by atoms with Gasteiger partial charge in [0.15, 0.2) is 5.96 Å². The summed E-state index contributed by atoms with van der Waals surface area (Å²) in [5.41, 5.74) is 1.16. The highest BCUT2D eigenvalue weighted by atomic mass is 127. The third-order valence-corrected chi connectivity index (χ3v) is 2.59. The van der Waals surface area contributed by atoms with Crippen LogP contribution >= 0.6 is 35.6 Å². The maximum Gasteiger partial charge on any atom is 0.193 e. The molecule has 17 heavy (non-hydrogen) atoms. The third kappa shape index (κ3) is 4.75. The van der Waals surface area contributed by atoms with Gasteiger partial charge in [0.25, 0.3) is 0 Å². The highest BCUT2D eigenvalue weighted by molar-refractivity contribution is 14.0. The molecule has 98 valence electrons. The van der Waals surface area contributed by atoms with Crippen LogP contribution in [-0.4, -0.2) is 36.1 Å². The minimum atomic E-state index is 0. The zero-order valence-corrected chi connectivity index (χ0v) is 13.8. The number of aromatic nitrogens is 1. The van der Waals surface area contributed by atoms with E-state index in [1.165, 1.54) is 0 Å². The number of guanidine groups is 1. The molecule has 1 aromatic heterocycles. The average molecular weight is 371 g/mol. The van der Waals surface area contributed by atoms with Crippen molar-refractivity contribution >= 4 is 41.5 Å². The molecule has 4 nitrogen and oxygen atoms in total. The van der Waals surface area contributed by atoms with Gasteiger partial charge in [0.2, 0.25) is 0 Å². The van der Waals surface area contributed by atoms with Gasteiger partial charge in [0.05, 0.1) is 11.6 Å². The third-order valence-electron chi connectivity index (χ3n) is 2.38. The van der Waals surface area contributed by atoms with E-state index in [1.54, 1.807) is 7.05 Å². The summed E-state index contributed by atoms with van der Waals surface area (Å²) in [4.78, 5) is 6.26. The molecule has 0 radical (unpaired) electrons. The van der Waals surface area contributed by atoms with Crippen molar-refractivity contribution in [3.63, 3.8) is 0 Å². The summed E-state index contributed by atoms with van der Waals surface area (Å²) in [6.07, 6.45) is 1.90. The maximum absolute atomic E-state index is 5.94. The van der Waals surface area contributed by atoms with Gasteiger partial charge in [0, 0.05) is 39.6 Å². The van der Waals surface area contributed by atoms with Gasteiger partial charge in [-0.3, -0.25) is 4.99 Å². The Morgan fingerprint density at radius 2 is 2.24 bits per heavy atom. The topological polar surface area (TPSA) is 32.6 Å². The van der Waals surface area contributed by atoms with Crippen molar-refractivity contribution in [1.29, 1.82) is 0 Å². The maximum atomic E-state index is 5.94. The van der Waals surface area contributed by atoms with Crippen molar-refractivity contribution in [3.05, 3.63) is 23.0 Å². The second kappa shape index (κ2) is 7.81. The summed E-state index contributed by atoms with van der Waals surface area (Å²) in [5.74, 6) is 0.889. The Bertz CT molecular complexity index is 376. The van der Waals surface area contributed by atoms with Gasteiger partial charge in [-0.1, -0.05) is 11.6 Å². The van der Waals surface area contributed by atoms with Gasteiger partial charge in [-0.15, -0.1) is 24.0 Å². The van der Waals surface area contributed by atoms with E-state index in [1.807, 2.05) is 30.9 Å². The molecular weight excluding hydrogens is 351 g/mol. The van der Waals surface area contributed by atoms with Crippen LogP contribution in [0.2, 0.25) is 5.02 Å². The molecule has 6 heteroatoms. The number of rotatable bonds is 3. The fourth-order valence-electron chi connectivity index (χ4n) is 1.58. The first kappa shape index (κ1) is 16.6. The Kier molecular flexibility index (Phi) is 7.61. The van der Waals surface area contributed by atoms with Crippen molar-refractivity contribution in [2.24, 2.45) is 12.0 Å². The zero-order valence-electron chi connectivity index (χ0n) is 10.7. The van der Waals surface area contributed by atoms with Gasteiger partial charge >= 0.3 is 0 Å². The molecule has 0 aliphatic heterocycles. The monoisotopic (exact) mass is 370 g/mol. The second-order valence-corrected chi connectivity index (χ2v) is 4.13. The van der Waals surface area contributed by atoms with Crippen LogP contribution in [0.15, 0.2) is 17.3 Å². The molecule has 0 fully saturated rings. The van der Waals surface area contributed by atoms with Crippen LogP contribution in [0.25, 0.3) is 0 Å². The lowest BCUT2D eigenvalue weighted by molar-refractivity contribution is 0.464. The van der Waals surface area contributed by atoms with Gasteiger partial charge in [-0.25, -0.2) is 0 Å². The van der Waals surface area contributed by atoms with Gasteiger partial charge in [-0.05, 0) is 13.0 Å². The minimum Gasteiger partial charge on any atom is -0.357 e. The normalized spacial score (nSPS) is 11.0. The van der Waals surface area contributed by atoms with E-state index in [-0.39, 0.29) is 24.0 Å². The number of hydrogen-bond donors (Lipinski definition) is 1. The summed E-state index contributed by atoms with van der Waals surface area (Å²) < 4.78 is 2.03. The van der Waals surface area contributed by atoms with E-state index in [0.717, 1.165) is 29.8 Å². The second-order valence-electron chi connectivity index (χ2n) is 3.69. The zero-order chi connectivity index (χ0) is 12.1. The summed E-state index contributed by atoms with van der Waals surface area (Å²) in [5, 5.41) is 3.98. The number of halogens is 2. The lowest BCUT2D eigenvalue weighted by Crippen LogP contribution is -2.38. The number of nitrogens with zero attached hydrogens (tertiary/aromatic N) is 3. The first-order chi connectivity index (χ1) is 7.58. The van der Waals surface area contributed by atoms with Crippen LogP contribution in [0.3, 0.4) is 0 Å². The molecule has 0 unspecified atom stereocenters. The smallest absolute Gasteiger partial charge is 0.193 e. The van der Waals surface area contributed by atoms with Gasteiger partial charge < -0.3 is 14.8 Å². The van der Waals surface area contributed by atoms with E-state index < -0.39 is 0 Å². The molecule has 1 heterocycles. The Morgan fingerprint density at radius 1 is 1.59 bits per heavy atom. The molecular formula is C11H20ClIN4. The van der Waals surface area contributed by atoms with E-state index in [0.29, 0.717) is 0 Å². The molecule has 0 spiro atoms. The van der Waals surface area contributed by atoms with Crippen LogP contribution in [0.5, 0.6) is 0 Å². The quantitative estimate of drug-likeness (QED) is 0.503. The first-order valence-corrected chi connectivity index (χ1v) is 5.68. The van der Waals surface area contributed by atoms with Crippen molar-refractivity contribution in [2.75, 3.05) is 20.6 Å². The molecule has 0 atom stereocenters. The molecule has 1 rings (SSSR count). The SMILES string of the molecule is CCNC(=NC)N(C)Cc1cc(Cl)cn1C.I. The molecule has 0 amide bonds. The summed E-state index contributed by atoms with van der Waals surface area (Å²) in [6, 6.07) is 1.97. The Labute approximate surface area is 125 Å². The predicted octanol–water partition coefficient (Wildman–Crippen LogP) is 2.32. The predicted molar refractivity (Wildman–Crippen MR) is 84.3 cm³/mol. The van der Waals surface area contributed by atoms with Crippen LogP contribution in [0, 0.1) is 0 Å². The van der Waals surface area contributed by atoms with E-state index in [2.05, 4.69) is 22.1 Å². The van der Waals surface area contributed by atoms with Gasteiger partial charge in [0.1, 0.15) is 0 Å². The average Bonchev–Trinajstić information content (AvgIpc) is 2.53. The van der Waals surface area contributed by atoms with E-state index >= 15 is 0 Å². The number of nitrogens with one attached hydrogen (secondary N) is 1. The lowest BCUT2D eigenvalue weighted by Gasteiger charge is -2.21. The standard InChI is InChI=1S/C11H19ClN4.HI/c1-5-14-11(13-2)16(4)8-10-6-9(12)7-15(10)3;/h6-7H,5,8H2,1-4H3,(H,13,14);1H. The molecule has 0 aromatic carbocycles. The fourth-order valence-corrected chi connectivity index (χ4v) is 1.86. The van der Waals surface area contributed by atoms with E-state index in [4.69, 9.17) is 11.6 Å². The number of hydrogen-bond acceptors (Lipinski definition) is 1. The molecule has 1 aromatic rings. The fraction of sp³-hybridized carbons (Fsp3) is 0.545. The molecule has 0 saturated carbocycles.